The van der Waals surface area contributed by atoms with Crippen molar-refractivity contribution >= 4 is 52.8 Å². The van der Waals surface area contributed by atoms with Gasteiger partial charge in [-0.25, -0.2) is 9.69 Å². The Morgan fingerprint density at radius 2 is 1.78 bits per heavy atom. The summed E-state index contributed by atoms with van der Waals surface area (Å²) in [4.78, 5) is 51.4. The van der Waals surface area contributed by atoms with Crippen molar-refractivity contribution in [2.75, 3.05) is 16.8 Å². The van der Waals surface area contributed by atoms with Gasteiger partial charge in [-0.1, -0.05) is 47.5 Å². The molecule has 0 aliphatic carbocycles. The van der Waals surface area contributed by atoms with Gasteiger partial charge in [0.15, 0.2) is 6.61 Å². The Labute approximate surface area is 212 Å². The summed E-state index contributed by atoms with van der Waals surface area (Å²) in [5.74, 6) is -1.81. The van der Waals surface area contributed by atoms with Gasteiger partial charge < -0.3 is 10.1 Å². The summed E-state index contributed by atoms with van der Waals surface area (Å²) < 4.78 is 5.70. The number of carbonyl (C=O) groups excluding carboxylic acids is 4. The quantitative estimate of drug-likeness (QED) is 0.376. The van der Waals surface area contributed by atoms with Gasteiger partial charge in [0.2, 0.25) is 0 Å². The first kappa shape index (κ1) is 24.7. The van der Waals surface area contributed by atoms with E-state index < -0.39 is 17.8 Å². The lowest BCUT2D eigenvalue weighted by Crippen LogP contribution is -2.54. The van der Waals surface area contributed by atoms with Crippen molar-refractivity contribution < 1.29 is 23.9 Å². The number of hydrogen-bond acceptors (Lipinski definition) is 5. The Balaban J connectivity index is 1.57. The molecule has 0 spiro atoms. The van der Waals surface area contributed by atoms with Gasteiger partial charge in [-0.2, -0.15) is 0 Å². The molecular weight excluding hydrogens is 482 g/mol. The smallest absolute Gasteiger partial charge is 0.335 e. The normalized spacial score (nSPS) is 14.6. The molecule has 2 N–H and O–H groups in total. The molecule has 0 radical (unpaired) electrons. The monoisotopic (exact) mass is 503 g/mol. The molecule has 0 bridgehead atoms. The summed E-state index contributed by atoms with van der Waals surface area (Å²) in [6.07, 6.45) is 1.28. The number of nitrogens with one attached hydrogen (secondary N) is 2. The third-order valence-corrected chi connectivity index (χ3v) is 5.64. The average Bonchev–Trinajstić information content (AvgIpc) is 2.83. The molecule has 9 heteroatoms. The van der Waals surface area contributed by atoms with Crippen LogP contribution in [0.1, 0.15) is 16.7 Å². The van der Waals surface area contributed by atoms with Crippen LogP contribution in [0.25, 0.3) is 6.08 Å². The molecule has 36 heavy (non-hydrogen) atoms. The maximum absolute atomic E-state index is 13.1. The van der Waals surface area contributed by atoms with E-state index in [0.717, 1.165) is 16.0 Å². The molecule has 8 nitrogen and oxygen atoms in total. The number of urea groups is 1. The number of imide groups is 2. The Morgan fingerprint density at radius 1 is 1.03 bits per heavy atom. The molecule has 0 saturated carbocycles. The number of aryl methyl sites for hydroxylation is 2. The standard InChI is InChI=1S/C27H22ClN3O5/c1-16-8-10-22(17(2)12-16)29-24(32)15-36-23-11-9-19(28)13-18(23)14-21-25(33)30-27(35)31(26(21)34)20-6-4-3-5-7-20/h3-14H,15H2,1-2H3,(H,29,32)(H,30,33,35)/b21-14-. The van der Waals surface area contributed by atoms with Crippen LogP contribution in [0.15, 0.2) is 72.3 Å². The summed E-state index contributed by atoms with van der Waals surface area (Å²) in [5, 5.41) is 5.29. The van der Waals surface area contributed by atoms with Crippen LogP contribution in [-0.4, -0.2) is 30.4 Å². The average molecular weight is 504 g/mol. The van der Waals surface area contributed by atoms with Crippen LogP contribution < -0.4 is 20.3 Å². The van der Waals surface area contributed by atoms with E-state index in [2.05, 4.69) is 10.6 Å². The second kappa shape index (κ2) is 10.5. The van der Waals surface area contributed by atoms with Gasteiger partial charge in [0, 0.05) is 16.3 Å². The summed E-state index contributed by atoms with van der Waals surface area (Å²) >= 11 is 6.14. The largest absolute Gasteiger partial charge is 0.483 e. The van der Waals surface area contributed by atoms with Crippen LogP contribution in [0.5, 0.6) is 5.75 Å². The van der Waals surface area contributed by atoms with Crippen molar-refractivity contribution in [3.63, 3.8) is 0 Å². The number of nitrogens with zero attached hydrogens (tertiary/aromatic N) is 1. The first-order valence-electron chi connectivity index (χ1n) is 11.0. The number of halogens is 1. The minimum Gasteiger partial charge on any atom is -0.483 e. The van der Waals surface area contributed by atoms with Crippen molar-refractivity contribution in [3.05, 3.63) is 94.0 Å². The number of amides is 5. The van der Waals surface area contributed by atoms with Crippen LogP contribution >= 0.6 is 11.6 Å². The summed E-state index contributed by atoms with van der Waals surface area (Å²) in [6, 6.07) is 17.6. The van der Waals surface area contributed by atoms with Crippen LogP contribution in [-0.2, 0) is 14.4 Å². The van der Waals surface area contributed by atoms with Gasteiger partial charge >= 0.3 is 6.03 Å². The van der Waals surface area contributed by atoms with E-state index in [0.29, 0.717) is 22.0 Å². The molecule has 3 aromatic rings. The number of benzene rings is 3. The van der Waals surface area contributed by atoms with Crippen molar-refractivity contribution in [2.45, 2.75) is 13.8 Å². The minimum absolute atomic E-state index is 0.228. The van der Waals surface area contributed by atoms with Crippen molar-refractivity contribution in [3.8, 4) is 5.75 Å². The Hall–Kier alpha value is -4.43. The molecule has 0 aromatic heterocycles. The van der Waals surface area contributed by atoms with Crippen LogP contribution in [0.3, 0.4) is 0 Å². The van der Waals surface area contributed by atoms with Gasteiger partial charge in [0.05, 0.1) is 5.69 Å². The number of barbiturate groups is 1. The predicted octanol–water partition coefficient (Wildman–Crippen LogP) is 4.64. The van der Waals surface area contributed by atoms with E-state index in [4.69, 9.17) is 16.3 Å². The lowest BCUT2D eigenvalue weighted by molar-refractivity contribution is -0.122. The summed E-state index contributed by atoms with van der Waals surface area (Å²) in [5.41, 5.74) is 2.98. The molecule has 1 fully saturated rings. The maximum Gasteiger partial charge on any atom is 0.335 e. The SMILES string of the molecule is Cc1ccc(NC(=O)COc2ccc(Cl)cc2/C=C2/C(=O)NC(=O)N(c3ccccc3)C2=O)c(C)c1. The highest BCUT2D eigenvalue weighted by atomic mass is 35.5. The highest BCUT2D eigenvalue weighted by molar-refractivity contribution is 6.39. The molecule has 1 heterocycles. The minimum atomic E-state index is -0.851. The van der Waals surface area contributed by atoms with Crippen molar-refractivity contribution in [1.29, 1.82) is 0 Å². The zero-order valence-electron chi connectivity index (χ0n) is 19.5. The highest BCUT2D eigenvalue weighted by Gasteiger charge is 2.36. The lowest BCUT2D eigenvalue weighted by Gasteiger charge is -2.26. The summed E-state index contributed by atoms with van der Waals surface area (Å²) in [7, 11) is 0. The summed E-state index contributed by atoms with van der Waals surface area (Å²) in [6.45, 7) is 3.53. The van der Waals surface area contributed by atoms with Gasteiger partial charge in [-0.15, -0.1) is 0 Å². The first-order chi connectivity index (χ1) is 17.2. The zero-order valence-corrected chi connectivity index (χ0v) is 20.3. The number of anilines is 2. The molecule has 0 atom stereocenters. The molecule has 182 valence electrons. The van der Waals surface area contributed by atoms with E-state index in [1.807, 2.05) is 32.0 Å². The van der Waals surface area contributed by atoms with Crippen molar-refractivity contribution in [2.24, 2.45) is 0 Å². The molecule has 4 rings (SSSR count). The number of rotatable bonds is 6. The molecule has 1 aliphatic rings. The number of hydrogen-bond donors (Lipinski definition) is 2. The van der Waals surface area contributed by atoms with Crippen molar-refractivity contribution in [1.82, 2.24) is 5.32 Å². The fourth-order valence-corrected chi connectivity index (χ4v) is 3.85. The van der Waals surface area contributed by atoms with Crippen LogP contribution in [0.4, 0.5) is 16.2 Å². The van der Waals surface area contributed by atoms with E-state index in [1.54, 1.807) is 36.4 Å². The molecule has 1 saturated heterocycles. The topological polar surface area (TPSA) is 105 Å². The Kier molecular flexibility index (Phi) is 7.17. The van der Waals surface area contributed by atoms with Gasteiger partial charge in [0.25, 0.3) is 17.7 Å². The van der Waals surface area contributed by atoms with Gasteiger partial charge in [-0.3, -0.25) is 19.7 Å². The second-order valence-electron chi connectivity index (χ2n) is 8.13. The predicted molar refractivity (Wildman–Crippen MR) is 137 cm³/mol. The molecule has 5 amide bonds. The highest BCUT2D eigenvalue weighted by Crippen LogP contribution is 2.28. The molecule has 3 aromatic carbocycles. The van der Waals surface area contributed by atoms with Gasteiger partial charge in [0.1, 0.15) is 11.3 Å². The van der Waals surface area contributed by atoms with E-state index >= 15 is 0 Å². The number of para-hydroxylation sites is 1. The fourth-order valence-electron chi connectivity index (χ4n) is 3.67. The molecular formula is C27H22ClN3O5. The van der Waals surface area contributed by atoms with E-state index in [-0.39, 0.29) is 23.8 Å². The van der Waals surface area contributed by atoms with E-state index in [9.17, 15) is 19.2 Å². The molecule has 0 unspecified atom stereocenters. The number of ether oxygens (including phenoxy) is 1. The lowest BCUT2D eigenvalue weighted by atomic mass is 10.1. The Bertz CT molecular complexity index is 1400. The maximum atomic E-state index is 13.1. The van der Waals surface area contributed by atoms with Crippen LogP contribution in [0.2, 0.25) is 5.02 Å². The first-order valence-corrected chi connectivity index (χ1v) is 11.4. The fraction of sp³-hybridized carbons (Fsp3) is 0.111. The van der Waals surface area contributed by atoms with E-state index in [1.165, 1.54) is 18.2 Å². The third-order valence-electron chi connectivity index (χ3n) is 5.40. The number of carbonyl (C=O) groups is 4. The third kappa shape index (κ3) is 5.45. The Morgan fingerprint density at radius 3 is 2.50 bits per heavy atom. The van der Waals surface area contributed by atoms with Crippen LogP contribution in [0, 0.1) is 13.8 Å². The zero-order chi connectivity index (χ0) is 25.8. The van der Waals surface area contributed by atoms with Gasteiger partial charge in [-0.05, 0) is 61.9 Å². The second-order valence-corrected chi connectivity index (χ2v) is 8.57. The molecule has 1 aliphatic heterocycles.